The summed E-state index contributed by atoms with van der Waals surface area (Å²) >= 11 is 0. The molecule has 0 atom stereocenters. The molecular weight excluding hydrogens is 378 g/mol. The predicted molar refractivity (Wildman–Crippen MR) is 121 cm³/mol. The Bertz CT molecular complexity index is 686. The Balaban J connectivity index is 2.18. The number of hydrogen-bond donors (Lipinski definition) is 1. The fraction of sp³-hybridized carbons (Fsp3) is 0.667. The summed E-state index contributed by atoms with van der Waals surface area (Å²) in [6.07, 6.45) is 4.21. The molecule has 0 fully saturated rings. The molecule has 0 aromatic heterocycles. The number of rotatable bonds is 6. The molecule has 168 valence electrons. The Morgan fingerprint density at radius 2 is 1.93 bits per heavy atom. The van der Waals surface area contributed by atoms with E-state index in [1.165, 1.54) is 0 Å². The third kappa shape index (κ3) is 7.63. The molecule has 2 amide bonds. The van der Waals surface area contributed by atoms with Gasteiger partial charge in [0.15, 0.2) is 0 Å². The first-order chi connectivity index (χ1) is 14.4. The number of nitrogens with zero attached hydrogens (tertiary/aromatic N) is 2. The Labute approximate surface area is 182 Å². The van der Waals surface area contributed by atoms with Crippen molar-refractivity contribution >= 4 is 11.8 Å². The summed E-state index contributed by atoms with van der Waals surface area (Å²) in [5.74, 6) is 1.16. The smallest absolute Gasteiger partial charge is 0.234 e. The number of carbonyl (C=O) groups excluding carboxylic acids is 2. The third-order valence-electron chi connectivity index (χ3n) is 5.72. The SMILES string of the molecule is CCN(CC)C(=O)CCc1ccc2c(c1)CN(C(C)C)CC(=O)NCCCCCO2. The van der Waals surface area contributed by atoms with Crippen LogP contribution >= 0.6 is 0 Å². The average molecular weight is 418 g/mol. The van der Waals surface area contributed by atoms with Crippen LogP contribution in [0.1, 0.15) is 64.5 Å². The number of hydrogen-bond acceptors (Lipinski definition) is 4. The van der Waals surface area contributed by atoms with Gasteiger partial charge in [0.2, 0.25) is 11.8 Å². The normalized spacial score (nSPS) is 16.5. The van der Waals surface area contributed by atoms with Crippen LogP contribution in [0.2, 0.25) is 0 Å². The summed E-state index contributed by atoms with van der Waals surface area (Å²) < 4.78 is 6.10. The van der Waals surface area contributed by atoms with Gasteiger partial charge in [-0.3, -0.25) is 14.5 Å². The molecule has 1 aromatic rings. The van der Waals surface area contributed by atoms with E-state index in [9.17, 15) is 9.59 Å². The molecule has 0 bridgehead atoms. The molecule has 0 radical (unpaired) electrons. The number of nitrogens with one attached hydrogen (secondary N) is 1. The highest BCUT2D eigenvalue weighted by Crippen LogP contribution is 2.24. The van der Waals surface area contributed by atoms with Crippen molar-refractivity contribution < 1.29 is 14.3 Å². The van der Waals surface area contributed by atoms with Crippen LogP contribution in [-0.4, -0.2) is 60.4 Å². The Morgan fingerprint density at radius 1 is 1.17 bits per heavy atom. The van der Waals surface area contributed by atoms with Crippen molar-refractivity contribution in [3.05, 3.63) is 29.3 Å². The molecule has 1 heterocycles. The van der Waals surface area contributed by atoms with Gasteiger partial charge in [-0.05, 0) is 65.0 Å². The third-order valence-corrected chi connectivity index (χ3v) is 5.72. The van der Waals surface area contributed by atoms with E-state index in [1.54, 1.807) is 0 Å². The van der Waals surface area contributed by atoms with Crippen LogP contribution in [0, 0.1) is 0 Å². The summed E-state index contributed by atoms with van der Waals surface area (Å²) in [5, 5.41) is 3.03. The molecule has 1 aliphatic heterocycles. The molecular formula is C24H39N3O3. The van der Waals surface area contributed by atoms with E-state index in [-0.39, 0.29) is 17.9 Å². The van der Waals surface area contributed by atoms with E-state index in [1.807, 2.05) is 24.8 Å². The Morgan fingerprint density at radius 3 is 2.63 bits per heavy atom. The van der Waals surface area contributed by atoms with E-state index in [0.29, 0.717) is 32.5 Å². The van der Waals surface area contributed by atoms with Gasteiger partial charge in [-0.2, -0.15) is 0 Å². The standard InChI is InChI=1S/C24H39N3O3/c1-5-26(6-2)24(29)13-11-20-10-12-22-21(16-20)17-27(19(3)4)18-23(28)25-14-8-7-9-15-30-22/h10,12,16,19H,5-9,11,13-15,17-18H2,1-4H3,(H,25,28). The quantitative estimate of drug-likeness (QED) is 0.771. The first-order valence-electron chi connectivity index (χ1n) is 11.5. The highest BCUT2D eigenvalue weighted by atomic mass is 16.5. The zero-order valence-electron chi connectivity index (χ0n) is 19.2. The second-order valence-corrected chi connectivity index (χ2v) is 8.27. The largest absolute Gasteiger partial charge is 0.493 e. The fourth-order valence-corrected chi connectivity index (χ4v) is 3.73. The maximum atomic E-state index is 12.4. The number of aryl methyl sites for hydroxylation is 1. The van der Waals surface area contributed by atoms with Crippen molar-refractivity contribution in [2.24, 2.45) is 0 Å². The van der Waals surface area contributed by atoms with Crippen molar-refractivity contribution in [2.75, 3.05) is 32.8 Å². The second kappa shape index (κ2) is 12.6. The number of benzene rings is 1. The van der Waals surface area contributed by atoms with Gasteiger partial charge >= 0.3 is 0 Å². The molecule has 1 aromatic carbocycles. The van der Waals surface area contributed by atoms with Crippen LogP contribution in [0.4, 0.5) is 0 Å². The van der Waals surface area contributed by atoms with E-state index in [2.05, 4.69) is 36.2 Å². The highest BCUT2D eigenvalue weighted by molar-refractivity contribution is 5.78. The number of ether oxygens (including phenoxy) is 1. The Kier molecular flexibility index (Phi) is 10.1. The van der Waals surface area contributed by atoms with Crippen LogP contribution < -0.4 is 10.1 Å². The molecule has 0 unspecified atom stereocenters. The van der Waals surface area contributed by atoms with Gasteiger partial charge in [0.25, 0.3) is 0 Å². The van der Waals surface area contributed by atoms with Gasteiger partial charge in [0.05, 0.1) is 13.2 Å². The van der Waals surface area contributed by atoms with Gasteiger partial charge in [-0.1, -0.05) is 12.1 Å². The highest BCUT2D eigenvalue weighted by Gasteiger charge is 2.18. The molecule has 0 saturated heterocycles. The second-order valence-electron chi connectivity index (χ2n) is 8.27. The van der Waals surface area contributed by atoms with Crippen LogP contribution in [-0.2, 0) is 22.6 Å². The minimum Gasteiger partial charge on any atom is -0.493 e. The monoisotopic (exact) mass is 417 g/mol. The van der Waals surface area contributed by atoms with E-state index in [0.717, 1.165) is 55.8 Å². The Hall–Kier alpha value is -2.08. The molecule has 1 aliphatic rings. The molecule has 30 heavy (non-hydrogen) atoms. The van der Waals surface area contributed by atoms with Crippen LogP contribution in [0.25, 0.3) is 0 Å². The zero-order valence-corrected chi connectivity index (χ0v) is 19.2. The molecule has 6 heteroatoms. The number of carbonyl (C=O) groups is 2. The van der Waals surface area contributed by atoms with Crippen LogP contribution in [0.3, 0.4) is 0 Å². The molecule has 2 rings (SSSR count). The number of amides is 2. The average Bonchev–Trinajstić information content (AvgIpc) is 2.73. The van der Waals surface area contributed by atoms with Gasteiger partial charge in [-0.15, -0.1) is 0 Å². The summed E-state index contributed by atoms with van der Waals surface area (Å²) in [6, 6.07) is 6.49. The number of fused-ring (bicyclic) bond motifs is 1. The fourth-order valence-electron chi connectivity index (χ4n) is 3.73. The van der Waals surface area contributed by atoms with E-state index >= 15 is 0 Å². The topological polar surface area (TPSA) is 61.9 Å². The predicted octanol–water partition coefficient (Wildman–Crippen LogP) is 3.38. The lowest BCUT2D eigenvalue weighted by molar-refractivity contribution is -0.130. The van der Waals surface area contributed by atoms with Crippen molar-refractivity contribution in [1.29, 1.82) is 0 Å². The maximum absolute atomic E-state index is 12.4. The van der Waals surface area contributed by atoms with Crippen LogP contribution in [0.5, 0.6) is 5.75 Å². The summed E-state index contributed by atoms with van der Waals surface area (Å²) in [7, 11) is 0. The lowest BCUT2D eigenvalue weighted by atomic mass is 10.0. The van der Waals surface area contributed by atoms with Crippen LogP contribution in [0.15, 0.2) is 18.2 Å². The first kappa shape index (κ1) is 24.2. The van der Waals surface area contributed by atoms with Crippen molar-refractivity contribution in [3.63, 3.8) is 0 Å². The minimum absolute atomic E-state index is 0.0754. The summed E-state index contributed by atoms with van der Waals surface area (Å²) in [6.45, 7) is 12.2. The van der Waals surface area contributed by atoms with Crippen molar-refractivity contribution in [2.45, 2.75) is 72.4 Å². The maximum Gasteiger partial charge on any atom is 0.234 e. The lowest BCUT2D eigenvalue weighted by Gasteiger charge is -2.27. The van der Waals surface area contributed by atoms with Crippen molar-refractivity contribution in [1.82, 2.24) is 15.1 Å². The van der Waals surface area contributed by atoms with E-state index < -0.39 is 0 Å². The molecule has 0 spiro atoms. The molecule has 0 aliphatic carbocycles. The minimum atomic E-state index is 0.0754. The van der Waals surface area contributed by atoms with Crippen molar-refractivity contribution in [3.8, 4) is 5.75 Å². The van der Waals surface area contributed by atoms with E-state index in [4.69, 9.17) is 4.74 Å². The molecule has 0 saturated carbocycles. The summed E-state index contributed by atoms with van der Waals surface area (Å²) in [4.78, 5) is 28.8. The summed E-state index contributed by atoms with van der Waals surface area (Å²) in [5.41, 5.74) is 2.22. The molecule has 6 nitrogen and oxygen atoms in total. The van der Waals surface area contributed by atoms with Gasteiger partial charge in [-0.25, -0.2) is 0 Å². The van der Waals surface area contributed by atoms with Gasteiger partial charge in [0, 0.05) is 44.2 Å². The zero-order chi connectivity index (χ0) is 21.9. The molecule has 1 N–H and O–H groups in total. The van der Waals surface area contributed by atoms with Gasteiger partial charge < -0.3 is 15.0 Å². The lowest BCUT2D eigenvalue weighted by Crippen LogP contribution is -2.40. The first-order valence-corrected chi connectivity index (χ1v) is 11.5. The van der Waals surface area contributed by atoms with Gasteiger partial charge in [0.1, 0.15) is 5.75 Å².